The van der Waals surface area contributed by atoms with Gasteiger partial charge in [-0.25, -0.2) is 14.5 Å². The average Bonchev–Trinajstić information content (AvgIpc) is 3.20. The van der Waals surface area contributed by atoms with E-state index < -0.39 is 23.8 Å². The minimum atomic E-state index is -1.06. The number of carboxylic acid groups (broad SMARTS) is 1. The molecule has 0 aliphatic carbocycles. The van der Waals surface area contributed by atoms with Crippen LogP contribution in [0.25, 0.3) is 17.4 Å². The predicted octanol–water partition coefficient (Wildman–Crippen LogP) is 4.27. The molecule has 0 atom stereocenters. The molecule has 3 aromatic rings. The van der Waals surface area contributed by atoms with E-state index in [1.165, 1.54) is 30.3 Å². The van der Waals surface area contributed by atoms with Gasteiger partial charge in [-0.3, -0.25) is 14.9 Å². The number of anilines is 1. The van der Waals surface area contributed by atoms with E-state index in [2.05, 4.69) is 5.32 Å². The van der Waals surface area contributed by atoms with Gasteiger partial charge >= 0.3 is 12.0 Å². The summed E-state index contributed by atoms with van der Waals surface area (Å²) in [4.78, 5) is 49.7. The lowest BCUT2D eigenvalue weighted by Gasteiger charge is -2.26. The van der Waals surface area contributed by atoms with Gasteiger partial charge in [0.05, 0.1) is 11.3 Å². The highest BCUT2D eigenvalue weighted by Crippen LogP contribution is 2.28. The number of aromatic carboxylic acids is 1. The lowest BCUT2D eigenvalue weighted by atomic mass is 10.0. The Labute approximate surface area is 186 Å². The van der Waals surface area contributed by atoms with Crippen molar-refractivity contribution in [3.63, 3.8) is 0 Å². The van der Waals surface area contributed by atoms with E-state index in [9.17, 15) is 24.3 Å². The van der Waals surface area contributed by atoms with Gasteiger partial charge in [-0.2, -0.15) is 0 Å². The van der Waals surface area contributed by atoms with E-state index in [0.717, 1.165) is 4.90 Å². The van der Waals surface area contributed by atoms with Crippen molar-refractivity contribution in [1.29, 1.82) is 0 Å². The molecule has 1 aliphatic heterocycles. The number of hydrogen-bond acceptors (Lipinski definition) is 5. The lowest BCUT2D eigenvalue weighted by molar-refractivity contribution is -0.122. The maximum absolute atomic E-state index is 12.9. The van der Waals surface area contributed by atoms with Crippen molar-refractivity contribution in [2.75, 3.05) is 4.90 Å². The fourth-order valence-corrected chi connectivity index (χ4v) is 3.43. The van der Waals surface area contributed by atoms with Crippen LogP contribution >= 0.6 is 11.6 Å². The second-order valence-electron chi connectivity index (χ2n) is 6.97. The summed E-state index contributed by atoms with van der Waals surface area (Å²) in [6.07, 6.45) is 1.22. The summed E-state index contributed by atoms with van der Waals surface area (Å²) in [6.45, 7) is 1.69. The van der Waals surface area contributed by atoms with Crippen molar-refractivity contribution >= 4 is 47.2 Å². The number of nitrogens with one attached hydrogen (secondary N) is 1. The van der Waals surface area contributed by atoms with Gasteiger partial charge in [0.25, 0.3) is 11.8 Å². The number of carbonyl (C=O) groups excluding carboxylic acids is 3. The summed E-state index contributed by atoms with van der Waals surface area (Å²) in [6, 6.07) is 13.2. The molecule has 1 saturated heterocycles. The molecule has 2 heterocycles. The van der Waals surface area contributed by atoms with Crippen LogP contribution in [0.15, 0.2) is 64.6 Å². The highest BCUT2D eigenvalue weighted by molar-refractivity contribution is 6.39. The molecule has 2 N–H and O–H groups in total. The third-order valence-corrected chi connectivity index (χ3v) is 5.07. The number of hydrogen-bond donors (Lipinski definition) is 2. The molecule has 0 bridgehead atoms. The van der Waals surface area contributed by atoms with Crippen molar-refractivity contribution < 1.29 is 28.7 Å². The lowest BCUT2D eigenvalue weighted by Crippen LogP contribution is -2.54. The van der Waals surface area contributed by atoms with Crippen LogP contribution in [-0.4, -0.2) is 28.9 Å². The number of imide groups is 2. The van der Waals surface area contributed by atoms with Crippen LogP contribution in [0.2, 0.25) is 5.02 Å². The molecule has 4 rings (SSSR count). The Bertz CT molecular complexity index is 1320. The van der Waals surface area contributed by atoms with E-state index in [1.54, 1.807) is 37.3 Å². The zero-order chi connectivity index (χ0) is 23.0. The normalized spacial score (nSPS) is 15.2. The third-order valence-electron chi connectivity index (χ3n) is 4.83. The van der Waals surface area contributed by atoms with Gasteiger partial charge in [0.15, 0.2) is 0 Å². The number of amides is 4. The molecule has 1 aliphatic rings. The molecular weight excluding hydrogens is 436 g/mol. The van der Waals surface area contributed by atoms with Gasteiger partial charge in [-0.1, -0.05) is 29.8 Å². The number of carboxylic acids is 1. The third kappa shape index (κ3) is 3.91. The summed E-state index contributed by atoms with van der Waals surface area (Å²) in [5.41, 5.74) is 1.16. The predicted molar refractivity (Wildman–Crippen MR) is 116 cm³/mol. The number of halogens is 1. The van der Waals surface area contributed by atoms with Crippen LogP contribution in [0.4, 0.5) is 10.5 Å². The molecule has 8 nitrogen and oxygen atoms in total. The van der Waals surface area contributed by atoms with E-state index in [-0.39, 0.29) is 22.6 Å². The summed E-state index contributed by atoms with van der Waals surface area (Å²) < 4.78 is 5.70. The molecule has 160 valence electrons. The molecule has 1 fully saturated rings. The molecule has 9 heteroatoms. The fourth-order valence-electron chi connectivity index (χ4n) is 3.24. The monoisotopic (exact) mass is 450 g/mol. The Morgan fingerprint density at radius 2 is 1.88 bits per heavy atom. The van der Waals surface area contributed by atoms with Crippen LogP contribution in [0.5, 0.6) is 0 Å². The van der Waals surface area contributed by atoms with Crippen molar-refractivity contribution in [1.82, 2.24) is 5.32 Å². The first-order valence-electron chi connectivity index (χ1n) is 9.36. The average molecular weight is 451 g/mol. The van der Waals surface area contributed by atoms with Crippen molar-refractivity contribution in [2.24, 2.45) is 0 Å². The Morgan fingerprint density at radius 1 is 1.09 bits per heavy atom. The molecule has 32 heavy (non-hydrogen) atoms. The summed E-state index contributed by atoms with van der Waals surface area (Å²) in [7, 11) is 0. The zero-order valence-corrected chi connectivity index (χ0v) is 17.3. The Kier molecular flexibility index (Phi) is 5.38. The topological polar surface area (TPSA) is 117 Å². The number of barbiturate groups is 1. The maximum atomic E-state index is 12.9. The highest BCUT2D eigenvalue weighted by atomic mass is 35.5. The van der Waals surface area contributed by atoms with Gasteiger partial charge < -0.3 is 9.52 Å². The number of carbonyl (C=O) groups is 4. The van der Waals surface area contributed by atoms with Crippen LogP contribution in [-0.2, 0) is 9.59 Å². The molecule has 0 radical (unpaired) electrons. The first-order valence-corrected chi connectivity index (χ1v) is 9.73. The Hall–Kier alpha value is -4.17. The van der Waals surface area contributed by atoms with Crippen LogP contribution in [0.3, 0.4) is 0 Å². The fraction of sp³-hybridized carbons (Fsp3) is 0.0435. The standard InChI is InChI=1S/C23H15ClN2O6/c1-12-5-6-13(9-17(12)22(29)30)19-8-7-16(32-19)11-18-20(27)25-23(31)26(21(18)28)15-4-2-3-14(24)10-15/h2-11H,1H3,(H,29,30)(H,25,27,31)/b18-11+. The summed E-state index contributed by atoms with van der Waals surface area (Å²) >= 11 is 5.95. The molecule has 2 aromatic carbocycles. The molecule has 0 unspecified atom stereocenters. The smallest absolute Gasteiger partial charge is 0.335 e. The van der Waals surface area contributed by atoms with Gasteiger partial charge in [0.1, 0.15) is 17.1 Å². The Morgan fingerprint density at radius 3 is 2.59 bits per heavy atom. The maximum Gasteiger partial charge on any atom is 0.335 e. The van der Waals surface area contributed by atoms with E-state index in [4.69, 9.17) is 16.0 Å². The van der Waals surface area contributed by atoms with Gasteiger partial charge in [0.2, 0.25) is 0 Å². The Balaban J connectivity index is 1.68. The SMILES string of the molecule is Cc1ccc(-c2ccc(/C=C3\C(=O)NC(=O)N(c4cccc(Cl)c4)C3=O)o2)cc1C(=O)O. The molecule has 0 saturated carbocycles. The molecule has 0 spiro atoms. The van der Waals surface area contributed by atoms with Gasteiger partial charge in [0, 0.05) is 10.6 Å². The first kappa shape index (κ1) is 21.1. The van der Waals surface area contributed by atoms with Gasteiger partial charge in [-0.05, 0) is 55.0 Å². The number of aryl methyl sites for hydroxylation is 1. The van der Waals surface area contributed by atoms with Crippen LogP contribution in [0.1, 0.15) is 21.7 Å². The number of rotatable bonds is 4. The number of furan rings is 1. The minimum Gasteiger partial charge on any atom is -0.478 e. The number of urea groups is 1. The second-order valence-corrected chi connectivity index (χ2v) is 7.41. The van der Waals surface area contributed by atoms with Crippen molar-refractivity contribution in [2.45, 2.75) is 6.92 Å². The number of nitrogens with zero attached hydrogens (tertiary/aromatic N) is 1. The molecule has 1 aromatic heterocycles. The minimum absolute atomic E-state index is 0.135. The second kappa shape index (κ2) is 8.16. The van der Waals surface area contributed by atoms with Crippen LogP contribution in [0, 0.1) is 6.92 Å². The van der Waals surface area contributed by atoms with Crippen molar-refractivity contribution in [3.8, 4) is 11.3 Å². The van der Waals surface area contributed by atoms with Crippen LogP contribution < -0.4 is 10.2 Å². The highest BCUT2D eigenvalue weighted by Gasteiger charge is 2.37. The molecular formula is C23H15ClN2O6. The zero-order valence-electron chi connectivity index (χ0n) is 16.6. The first-order chi connectivity index (χ1) is 15.2. The number of benzene rings is 2. The quantitative estimate of drug-likeness (QED) is 0.452. The van der Waals surface area contributed by atoms with E-state index in [1.807, 2.05) is 0 Å². The largest absolute Gasteiger partial charge is 0.478 e. The summed E-state index contributed by atoms with van der Waals surface area (Å²) in [5, 5.41) is 11.8. The molecule has 4 amide bonds. The van der Waals surface area contributed by atoms with Crippen molar-refractivity contribution in [3.05, 3.63) is 82.1 Å². The van der Waals surface area contributed by atoms with E-state index in [0.29, 0.717) is 21.9 Å². The van der Waals surface area contributed by atoms with Gasteiger partial charge in [-0.15, -0.1) is 0 Å². The van der Waals surface area contributed by atoms with E-state index >= 15 is 0 Å². The summed E-state index contributed by atoms with van der Waals surface area (Å²) in [5.74, 6) is -2.22.